The van der Waals surface area contributed by atoms with Crippen LogP contribution in [0, 0.1) is 0 Å². The summed E-state index contributed by atoms with van der Waals surface area (Å²) >= 11 is 0. The van der Waals surface area contributed by atoms with E-state index in [9.17, 15) is 4.79 Å². The molecular weight excluding hydrogens is 344 g/mol. The highest BCUT2D eigenvalue weighted by Crippen LogP contribution is 2.41. The minimum atomic E-state index is -0.511. The van der Waals surface area contributed by atoms with Crippen molar-refractivity contribution in [1.29, 1.82) is 0 Å². The van der Waals surface area contributed by atoms with Gasteiger partial charge >= 0.3 is 5.97 Å². The Morgan fingerprint density at radius 2 is 2.15 bits per heavy atom. The van der Waals surface area contributed by atoms with Crippen molar-refractivity contribution >= 4 is 5.97 Å². The zero-order chi connectivity index (χ0) is 18.7. The number of aromatic nitrogens is 2. The second-order valence-electron chi connectivity index (χ2n) is 7.45. The first-order chi connectivity index (χ1) is 13.2. The van der Waals surface area contributed by atoms with E-state index < -0.39 is 5.60 Å². The summed E-state index contributed by atoms with van der Waals surface area (Å²) < 4.78 is 19.1. The quantitative estimate of drug-likeness (QED) is 0.695. The molecule has 6 nitrogen and oxygen atoms in total. The summed E-state index contributed by atoms with van der Waals surface area (Å²) in [6, 6.07) is 10.0. The Hall–Kier alpha value is -2.18. The van der Waals surface area contributed by atoms with E-state index in [0.717, 1.165) is 44.3 Å². The molecule has 2 fully saturated rings. The van der Waals surface area contributed by atoms with E-state index in [1.165, 1.54) is 0 Å². The zero-order valence-corrected chi connectivity index (χ0v) is 15.7. The summed E-state index contributed by atoms with van der Waals surface area (Å²) in [5.74, 6) is -0.346. The van der Waals surface area contributed by atoms with Gasteiger partial charge in [0.15, 0.2) is 6.29 Å². The van der Waals surface area contributed by atoms with E-state index >= 15 is 0 Å². The first-order valence-electron chi connectivity index (χ1n) is 9.70. The largest absolute Gasteiger partial charge is 0.452 e. The molecule has 0 amide bonds. The standard InChI is InChI=1S/C21H26N2O4/c1-16(17-7-3-2-4-8-17)23-15-22-13-18(23)20(24)27-21(10-11-21)14-26-19-9-5-6-12-25-19/h2-4,7-8,13,15-16,19H,5-6,9-12,14H2,1H3. The average Bonchev–Trinajstić information content (AvgIpc) is 3.29. The van der Waals surface area contributed by atoms with E-state index in [1.54, 1.807) is 12.5 Å². The molecule has 0 N–H and O–H groups in total. The van der Waals surface area contributed by atoms with Gasteiger partial charge in [0.05, 0.1) is 25.2 Å². The van der Waals surface area contributed by atoms with Gasteiger partial charge in [0.25, 0.3) is 0 Å². The molecule has 2 atom stereocenters. The molecule has 1 aliphatic carbocycles. The van der Waals surface area contributed by atoms with Crippen molar-refractivity contribution in [1.82, 2.24) is 9.55 Å². The van der Waals surface area contributed by atoms with Gasteiger partial charge in [-0.3, -0.25) is 0 Å². The van der Waals surface area contributed by atoms with Crippen LogP contribution in [0.2, 0.25) is 0 Å². The van der Waals surface area contributed by atoms with Crippen LogP contribution in [0.4, 0.5) is 0 Å². The van der Waals surface area contributed by atoms with Gasteiger partial charge in [-0.1, -0.05) is 30.3 Å². The first kappa shape index (κ1) is 18.2. The number of hydrogen-bond donors (Lipinski definition) is 0. The summed E-state index contributed by atoms with van der Waals surface area (Å²) in [5, 5.41) is 0. The summed E-state index contributed by atoms with van der Waals surface area (Å²) in [6.45, 7) is 3.18. The van der Waals surface area contributed by atoms with Gasteiger partial charge in [0.1, 0.15) is 11.3 Å². The fourth-order valence-corrected chi connectivity index (χ4v) is 3.42. The number of hydrogen-bond acceptors (Lipinski definition) is 5. The number of carbonyl (C=O) groups excluding carboxylic acids is 1. The maximum atomic E-state index is 12.8. The Bertz CT molecular complexity index is 763. The van der Waals surface area contributed by atoms with E-state index in [2.05, 4.69) is 4.98 Å². The lowest BCUT2D eigenvalue weighted by Gasteiger charge is -2.25. The second kappa shape index (κ2) is 7.82. The van der Waals surface area contributed by atoms with E-state index in [-0.39, 0.29) is 18.3 Å². The minimum Gasteiger partial charge on any atom is -0.452 e. The predicted octanol–water partition coefficient (Wildman–Crippen LogP) is 3.73. The molecule has 27 heavy (non-hydrogen) atoms. The fourth-order valence-electron chi connectivity index (χ4n) is 3.42. The normalized spacial score (nSPS) is 22.2. The van der Waals surface area contributed by atoms with E-state index in [1.807, 2.05) is 41.8 Å². The topological polar surface area (TPSA) is 62.6 Å². The predicted molar refractivity (Wildman–Crippen MR) is 99.4 cm³/mol. The van der Waals surface area contributed by atoms with Gasteiger partial charge in [0.2, 0.25) is 0 Å². The van der Waals surface area contributed by atoms with Gasteiger partial charge in [0, 0.05) is 6.61 Å². The molecule has 1 aromatic carbocycles. The van der Waals surface area contributed by atoms with Crippen LogP contribution in [-0.2, 0) is 14.2 Å². The lowest BCUT2D eigenvalue weighted by molar-refractivity contribution is -0.178. The lowest BCUT2D eigenvalue weighted by Crippen LogP contribution is -2.31. The molecule has 6 heteroatoms. The molecule has 1 saturated carbocycles. The van der Waals surface area contributed by atoms with Gasteiger partial charge < -0.3 is 18.8 Å². The smallest absolute Gasteiger partial charge is 0.357 e. The van der Waals surface area contributed by atoms with Crippen LogP contribution in [0.3, 0.4) is 0 Å². The first-order valence-corrected chi connectivity index (χ1v) is 9.70. The maximum Gasteiger partial charge on any atom is 0.357 e. The molecule has 2 aromatic rings. The number of carbonyl (C=O) groups is 1. The molecule has 0 bridgehead atoms. The van der Waals surface area contributed by atoms with Gasteiger partial charge in [-0.15, -0.1) is 0 Å². The van der Waals surface area contributed by atoms with Crippen molar-refractivity contribution in [2.75, 3.05) is 13.2 Å². The Kier molecular flexibility index (Phi) is 5.27. The molecule has 0 spiro atoms. The molecule has 2 aliphatic rings. The molecule has 1 aromatic heterocycles. The van der Waals surface area contributed by atoms with Crippen molar-refractivity contribution < 1.29 is 19.0 Å². The highest BCUT2D eigenvalue weighted by Gasteiger charge is 2.48. The summed E-state index contributed by atoms with van der Waals surface area (Å²) in [7, 11) is 0. The summed E-state index contributed by atoms with van der Waals surface area (Å²) in [4.78, 5) is 17.0. The summed E-state index contributed by atoms with van der Waals surface area (Å²) in [6.07, 6.45) is 7.85. The van der Waals surface area contributed by atoms with Gasteiger partial charge in [-0.25, -0.2) is 9.78 Å². The number of nitrogens with zero attached hydrogens (tertiary/aromatic N) is 2. The van der Waals surface area contributed by atoms with E-state index in [0.29, 0.717) is 12.3 Å². The number of benzene rings is 1. The highest BCUT2D eigenvalue weighted by molar-refractivity contribution is 5.88. The van der Waals surface area contributed by atoms with Crippen LogP contribution in [0.15, 0.2) is 42.9 Å². The molecule has 2 heterocycles. The average molecular weight is 370 g/mol. The molecule has 4 rings (SSSR count). The number of rotatable bonds is 7. The van der Waals surface area contributed by atoms with Crippen molar-refractivity contribution in [3.63, 3.8) is 0 Å². The van der Waals surface area contributed by atoms with Gasteiger partial charge in [-0.2, -0.15) is 0 Å². The second-order valence-corrected chi connectivity index (χ2v) is 7.45. The number of ether oxygens (including phenoxy) is 3. The Morgan fingerprint density at radius 1 is 1.33 bits per heavy atom. The van der Waals surface area contributed by atoms with E-state index in [4.69, 9.17) is 14.2 Å². The molecule has 144 valence electrons. The van der Waals surface area contributed by atoms with Crippen LogP contribution in [0.25, 0.3) is 0 Å². The Labute approximate surface area is 159 Å². The van der Waals surface area contributed by atoms with Crippen molar-refractivity contribution in [3.8, 4) is 0 Å². The van der Waals surface area contributed by atoms with Crippen molar-refractivity contribution in [2.45, 2.75) is 57.0 Å². The summed E-state index contributed by atoms with van der Waals surface area (Å²) in [5.41, 5.74) is 1.07. The minimum absolute atomic E-state index is 0.00158. The zero-order valence-electron chi connectivity index (χ0n) is 15.7. The molecule has 1 aliphatic heterocycles. The third kappa shape index (κ3) is 4.22. The Balaban J connectivity index is 1.39. The van der Waals surface area contributed by atoms with Crippen molar-refractivity contribution in [3.05, 3.63) is 54.1 Å². The monoisotopic (exact) mass is 370 g/mol. The molecular formula is C21H26N2O4. The van der Waals surface area contributed by atoms with Crippen LogP contribution in [0.5, 0.6) is 0 Å². The van der Waals surface area contributed by atoms with Crippen LogP contribution in [0.1, 0.15) is 61.1 Å². The maximum absolute atomic E-state index is 12.8. The fraction of sp³-hybridized carbons (Fsp3) is 0.524. The van der Waals surface area contributed by atoms with Crippen LogP contribution >= 0.6 is 0 Å². The van der Waals surface area contributed by atoms with Gasteiger partial charge in [-0.05, 0) is 44.6 Å². The van der Waals surface area contributed by atoms with Crippen molar-refractivity contribution in [2.24, 2.45) is 0 Å². The number of esters is 1. The third-order valence-electron chi connectivity index (χ3n) is 5.36. The van der Waals surface area contributed by atoms with Crippen LogP contribution < -0.4 is 0 Å². The highest BCUT2D eigenvalue weighted by atomic mass is 16.7. The number of imidazole rings is 1. The lowest BCUT2D eigenvalue weighted by atomic mass is 10.1. The molecule has 2 unspecified atom stereocenters. The Morgan fingerprint density at radius 3 is 2.85 bits per heavy atom. The molecule has 0 radical (unpaired) electrons. The third-order valence-corrected chi connectivity index (χ3v) is 5.36. The van der Waals surface area contributed by atoms with Crippen LogP contribution in [-0.4, -0.2) is 40.6 Å². The molecule has 1 saturated heterocycles. The SMILES string of the molecule is CC(c1ccccc1)n1cncc1C(=O)OC1(COC2CCCCO2)CC1.